The number of phenols is 1. The molecule has 0 amide bonds. The van der Waals surface area contributed by atoms with Crippen molar-refractivity contribution in [2.75, 3.05) is 5.32 Å². The van der Waals surface area contributed by atoms with Crippen molar-refractivity contribution >= 4 is 11.7 Å². The number of carbonyl (C=O) groups is 1. The number of allylic oxidation sites excluding steroid dienone is 2. The van der Waals surface area contributed by atoms with Gasteiger partial charge in [0.1, 0.15) is 18.1 Å². The Morgan fingerprint density at radius 1 is 1.24 bits per heavy atom. The molecule has 0 unspecified atom stereocenters. The van der Waals surface area contributed by atoms with Crippen LogP contribution in [0.2, 0.25) is 0 Å². The van der Waals surface area contributed by atoms with Crippen LogP contribution in [0.15, 0.2) is 41.9 Å². The topological polar surface area (TPSA) is 80.0 Å². The van der Waals surface area contributed by atoms with E-state index in [0.717, 1.165) is 29.7 Å². The van der Waals surface area contributed by atoms with Gasteiger partial charge in [0.25, 0.3) is 0 Å². The van der Waals surface area contributed by atoms with Crippen LogP contribution >= 0.6 is 0 Å². The second kappa shape index (κ2) is 4.44. The molecular weight excluding hydrogens is 268 g/mol. The van der Waals surface area contributed by atoms with Crippen molar-refractivity contribution in [3.05, 3.63) is 47.4 Å². The second-order valence-corrected chi connectivity index (χ2v) is 5.32. The summed E-state index contributed by atoms with van der Waals surface area (Å²) in [5.74, 6) is 1.01. The molecule has 2 aliphatic rings. The first-order valence-electron chi connectivity index (χ1n) is 6.96. The van der Waals surface area contributed by atoms with Crippen molar-refractivity contribution in [2.24, 2.45) is 0 Å². The van der Waals surface area contributed by atoms with Gasteiger partial charge in [0.05, 0.1) is 0 Å². The molecule has 2 N–H and O–H groups in total. The number of carbonyl (C=O) groups excluding carboxylic acids is 1. The lowest BCUT2D eigenvalue weighted by molar-refractivity contribution is -0.116. The molecule has 0 saturated heterocycles. The van der Waals surface area contributed by atoms with Crippen LogP contribution in [0.25, 0.3) is 0 Å². The van der Waals surface area contributed by atoms with Gasteiger partial charge >= 0.3 is 0 Å². The summed E-state index contributed by atoms with van der Waals surface area (Å²) >= 11 is 0. The summed E-state index contributed by atoms with van der Waals surface area (Å²) in [6.07, 6.45) is 3.77. The molecule has 21 heavy (non-hydrogen) atoms. The lowest BCUT2D eigenvalue weighted by Crippen LogP contribution is -2.31. The van der Waals surface area contributed by atoms with Crippen molar-refractivity contribution in [1.29, 1.82) is 0 Å². The van der Waals surface area contributed by atoms with Gasteiger partial charge in [0.15, 0.2) is 5.78 Å². The van der Waals surface area contributed by atoms with Crippen LogP contribution in [-0.4, -0.2) is 25.7 Å². The number of ketones is 1. The van der Waals surface area contributed by atoms with Crippen molar-refractivity contribution < 1.29 is 9.90 Å². The largest absolute Gasteiger partial charge is 0.508 e. The van der Waals surface area contributed by atoms with E-state index in [0.29, 0.717) is 12.4 Å². The molecule has 0 saturated carbocycles. The number of fused-ring (bicyclic) bond motifs is 1. The van der Waals surface area contributed by atoms with Gasteiger partial charge in [-0.25, -0.2) is 4.68 Å². The van der Waals surface area contributed by atoms with E-state index in [1.807, 2.05) is 12.1 Å². The van der Waals surface area contributed by atoms with E-state index in [1.54, 1.807) is 16.8 Å². The Hall–Kier alpha value is -2.63. The number of benzene rings is 1. The molecule has 0 spiro atoms. The third kappa shape index (κ3) is 1.83. The zero-order chi connectivity index (χ0) is 14.4. The van der Waals surface area contributed by atoms with Gasteiger partial charge in [0.2, 0.25) is 5.95 Å². The Labute approximate surface area is 121 Å². The highest BCUT2D eigenvalue weighted by molar-refractivity contribution is 5.99. The van der Waals surface area contributed by atoms with Gasteiger partial charge in [-0.1, -0.05) is 12.1 Å². The average Bonchev–Trinajstić information content (AvgIpc) is 2.94. The fourth-order valence-electron chi connectivity index (χ4n) is 3.06. The number of aromatic hydroxyl groups is 1. The maximum atomic E-state index is 12.4. The quantitative estimate of drug-likeness (QED) is 0.836. The first-order chi connectivity index (χ1) is 10.2. The van der Waals surface area contributed by atoms with Gasteiger partial charge in [-0.2, -0.15) is 10.1 Å². The van der Waals surface area contributed by atoms with E-state index in [4.69, 9.17) is 0 Å². The van der Waals surface area contributed by atoms with Crippen molar-refractivity contribution in [1.82, 2.24) is 14.8 Å². The standard InChI is InChI=1S/C15H14N4O2/c20-10-6-4-9(5-7-10)14-13-11(2-1-3-12(13)21)18-15-16-8-17-19(14)15/h4-8,14,20H,1-3H2,(H,16,17,18)/t14-/m0/s1. The van der Waals surface area contributed by atoms with E-state index in [2.05, 4.69) is 15.4 Å². The maximum Gasteiger partial charge on any atom is 0.226 e. The van der Waals surface area contributed by atoms with Crippen LogP contribution < -0.4 is 5.32 Å². The second-order valence-electron chi connectivity index (χ2n) is 5.32. The summed E-state index contributed by atoms with van der Waals surface area (Å²) in [4.78, 5) is 16.6. The Bertz CT molecular complexity index is 745. The lowest BCUT2D eigenvalue weighted by atomic mass is 9.85. The molecule has 1 aromatic carbocycles. The average molecular weight is 282 g/mol. The number of hydrogen-bond acceptors (Lipinski definition) is 5. The normalized spacial score (nSPS) is 20.8. The molecule has 1 aliphatic heterocycles. The van der Waals surface area contributed by atoms with Gasteiger partial charge in [-0.05, 0) is 30.5 Å². The van der Waals surface area contributed by atoms with Gasteiger partial charge in [0, 0.05) is 17.7 Å². The van der Waals surface area contributed by atoms with E-state index < -0.39 is 0 Å². The number of anilines is 1. The van der Waals surface area contributed by atoms with E-state index in [1.165, 1.54) is 6.33 Å². The summed E-state index contributed by atoms with van der Waals surface area (Å²) < 4.78 is 1.73. The third-order valence-corrected chi connectivity index (χ3v) is 4.02. The third-order valence-electron chi connectivity index (χ3n) is 4.02. The Morgan fingerprint density at radius 3 is 2.86 bits per heavy atom. The maximum absolute atomic E-state index is 12.4. The summed E-state index contributed by atoms with van der Waals surface area (Å²) in [5, 5.41) is 16.9. The van der Waals surface area contributed by atoms with Crippen LogP contribution in [0.4, 0.5) is 5.95 Å². The SMILES string of the molecule is O=C1CCCC2=C1[C@H](c1ccc(O)cc1)n1ncnc1N2. The molecule has 0 fully saturated rings. The number of hydrogen-bond donors (Lipinski definition) is 2. The Balaban J connectivity index is 1.91. The van der Waals surface area contributed by atoms with Gasteiger partial charge in [-0.15, -0.1) is 0 Å². The fourth-order valence-corrected chi connectivity index (χ4v) is 3.06. The van der Waals surface area contributed by atoms with Gasteiger partial charge in [-0.3, -0.25) is 4.79 Å². The smallest absolute Gasteiger partial charge is 0.226 e. The van der Waals surface area contributed by atoms with Crippen molar-refractivity contribution in [2.45, 2.75) is 25.3 Å². The van der Waals surface area contributed by atoms with Crippen LogP contribution in [0, 0.1) is 0 Å². The number of nitrogens with zero attached hydrogens (tertiary/aromatic N) is 3. The van der Waals surface area contributed by atoms with Crippen LogP contribution in [0.3, 0.4) is 0 Å². The van der Waals surface area contributed by atoms with E-state index >= 15 is 0 Å². The number of nitrogens with one attached hydrogen (secondary N) is 1. The van der Waals surface area contributed by atoms with E-state index in [-0.39, 0.29) is 17.6 Å². The minimum atomic E-state index is -0.271. The Kier molecular flexibility index (Phi) is 2.57. The highest BCUT2D eigenvalue weighted by Gasteiger charge is 2.35. The summed E-state index contributed by atoms with van der Waals surface area (Å²) in [6.45, 7) is 0. The zero-order valence-electron chi connectivity index (χ0n) is 11.3. The first-order valence-corrected chi connectivity index (χ1v) is 6.96. The number of phenolic OH excluding ortho intramolecular Hbond substituents is 1. The molecule has 1 atom stereocenters. The van der Waals surface area contributed by atoms with Crippen LogP contribution in [0.5, 0.6) is 5.75 Å². The molecule has 1 aliphatic carbocycles. The molecule has 1 aromatic heterocycles. The molecule has 106 valence electrons. The summed E-state index contributed by atoms with van der Waals surface area (Å²) in [6, 6.07) is 6.63. The minimum Gasteiger partial charge on any atom is -0.508 e. The van der Waals surface area contributed by atoms with Crippen molar-refractivity contribution in [3.63, 3.8) is 0 Å². The lowest BCUT2D eigenvalue weighted by Gasteiger charge is -2.32. The monoisotopic (exact) mass is 282 g/mol. The molecular formula is C15H14N4O2. The minimum absolute atomic E-state index is 0.156. The van der Waals surface area contributed by atoms with Gasteiger partial charge < -0.3 is 10.4 Å². The predicted octanol–water partition coefficient (Wildman–Crippen LogP) is 2.01. The summed E-state index contributed by atoms with van der Waals surface area (Å²) in [7, 11) is 0. The number of aromatic nitrogens is 3. The molecule has 0 radical (unpaired) electrons. The molecule has 6 nitrogen and oxygen atoms in total. The van der Waals surface area contributed by atoms with E-state index in [9.17, 15) is 9.90 Å². The highest BCUT2D eigenvalue weighted by Crippen LogP contribution is 2.39. The number of rotatable bonds is 1. The molecule has 6 heteroatoms. The molecule has 2 aromatic rings. The highest BCUT2D eigenvalue weighted by atomic mass is 16.3. The zero-order valence-corrected chi connectivity index (χ0v) is 11.3. The molecule has 2 heterocycles. The Morgan fingerprint density at radius 2 is 2.05 bits per heavy atom. The van der Waals surface area contributed by atoms with Crippen LogP contribution in [0.1, 0.15) is 30.9 Å². The molecule has 0 bridgehead atoms. The van der Waals surface area contributed by atoms with Crippen molar-refractivity contribution in [3.8, 4) is 5.75 Å². The fraction of sp³-hybridized carbons (Fsp3) is 0.267. The summed E-state index contributed by atoms with van der Waals surface area (Å²) in [5.41, 5.74) is 2.64. The number of Topliss-reactive ketones (excluding diaryl/α,β-unsaturated/α-hetero) is 1. The molecule has 4 rings (SSSR count). The predicted molar refractivity (Wildman–Crippen MR) is 75.8 cm³/mol. The van der Waals surface area contributed by atoms with Crippen LogP contribution in [-0.2, 0) is 4.79 Å². The first kappa shape index (κ1) is 12.1.